The molecule has 0 radical (unpaired) electrons. The average Bonchev–Trinajstić information content (AvgIpc) is 3.01. The van der Waals surface area contributed by atoms with Crippen molar-refractivity contribution in [3.63, 3.8) is 0 Å². The molecule has 0 aromatic rings. The van der Waals surface area contributed by atoms with Crippen molar-refractivity contribution in [2.24, 2.45) is 0 Å². The smallest absolute Gasteiger partial charge is 0.114 e. The van der Waals surface area contributed by atoms with Crippen LogP contribution in [0.2, 0.25) is 0 Å². The molecule has 2 unspecified atom stereocenters. The van der Waals surface area contributed by atoms with E-state index in [1.165, 1.54) is 0 Å². The minimum Gasteiger partial charge on any atom is -0.301 e. The zero-order valence-electron chi connectivity index (χ0n) is 13.9. The zero-order chi connectivity index (χ0) is 15.5. The van der Waals surface area contributed by atoms with Crippen LogP contribution in [0.4, 0.5) is 8.78 Å². The maximum atomic E-state index is 12.6. The molecule has 0 N–H and O–H groups in total. The third-order valence-electron chi connectivity index (χ3n) is 3.36. The van der Waals surface area contributed by atoms with Gasteiger partial charge in [-0.05, 0) is 33.5 Å². The minimum atomic E-state index is -0.583. The van der Waals surface area contributed by atoms with E-state index < -0.39 is 12.3 Å². The second-order valence-corrected chi connectivity index (χ2v) is 5.46. The summed E-state index contributed by atoms with van der Waals surface area (Å²) in [5.74, 6) is 0. The van der Waals surface area contributed by atoms with Crippen LogP contribution in [0.5, 0.6) is 0 Å². The van der Waals surface area contributed by atoms with Gasteiger partial charge in [-0.1, -0.05) is 20.8 Å². The fourth-order valence-corrected chi connectivity index (χ4v) is 2.39. The summed E-state index contributed by atoms with van der Waals surface area (Å²) in [4.78, 5) is 6.33. The molecule has 2 fully saturated rings. The fraction of sp³-hybridized carbons (Fsp3) is 1.00. The van der Waals surface area contributed by atoms with Crippen molar-refractivity contribution in [3.05, 3.63) is 0 Å². The van der Waals surface area contributed by atoms with Gasteiger partial charge in [0, 0.05) is 26.2 Å². The Hall–Kier alpha value is -0.260. The molecular formula is C15H33F2N3. The second-order valence-electron chi connectivity index (χ2n) is 5.46. The van der Waals surface area contributed by atoms with Crippen molar-refractivity contribution in [2.45, 2.75) is 46.0 Å². The predicted molar refractivity (Wildman–Crippen MR) is 82.6 cm³/mol. The molecule has 2 aliphatic rings. The van der Waals surface area contributed by atoms with Crippen molar-refractivity contribution in [1.29, 1.82) is 0 Å². The van der Waals surface area contributed by atoms with E-state index in [2.05, 4.69) is 21.6 Å². The summed E-state index contributed by atoms with van der Waals surface area (Å²) in [5, 5.41) is 0. The minimum absolute atomic E-state index is 0.546. The summed E-state index contributed by atoms with van der Waals surface area (Å²) in [5.41, 5.74) is 0. The lowest BCUT2D eigenvalue weighted by molar-refractivity contribution is 0.196. The number of rotatable bonds is 3. The van der Waals surface area contributed by atoms with Gasteiger partial charge in [0.25, 0.3) is 0 Å². The van der Waals surface area contributed by atoms with Crippen LogP contribution >= 0.6 is 0 Å². The average molecular weight is 293 g/mol. The number of hydrogen-bond donors (Lipinski definition) is 0. The van der Waals surface area contributed by atoms with E-state index >= 15 is 0 Å². The molecular weight excluding hydrogens is 260 g/mol. The zero-order valence-corrected chi connectivity index (χ0v) is 13.9. The monoisotopic (exact) mass is 293 g/mol. The highest BCUT2D eigenvalue weighted by Crippen LogP contribution is 2.11. The molecule has 2 saturated heterocycles. The topological polar surface area (TPSA) is 9.72 Å². The Morgan fingerprint density at radius 2 is 1.40 bits per heavy atom. The summed E-state index contributed by atoms with van der Waals surface area (Å²) in [6.07, 6.45) is 0.330. The molecule has 3 nitrogen and oxygen atoms in total. The Balaban J connectivity index is 0.000000327. The third-order valence-corrected chi connectivity index (χ3v) is 3.36. The highest BCUT2D eigenvalue weighted by Gasteiger charge is 2.21. The van der Waals surface area contributed by atoms with E-state index in [1.807, 2.05) is 27.9 Å². The molecule has 0 aliphatic carbocycles. The van der Waals surface area contributed by atoms with Crippen LogP contribution in [-0.4, -0.2) is 80.5 Å². The first-order valence-electron chi connectivity index (χ1n) is 7.88. The third kappa shape index (κ3) is 8.82. The Morgan fingerprint density at radius 3 is 1.65 bits per heavy atom. The van der Waals surface area contributed by atoms with Crippen molar-refractivity contribution in [2.75, 3.05) is 53.5 Å². The lowest BCUT2D eigenvalue weighted by atomic mass is 10.3. The Labute approximate surface area is 123 Å². The molecule has 2 aliphatic heterocycles. The van der Waals surface area contributed by atoms with Gasteiger partial charge in [0.05, 0.1) is 6.67 Å². The lowest BCUT2D eigenvalue weighted by Gasteiger charge is -2.19. The van der Waals surface area contributed by atoms with Crippen molar-refractivity contribution in [1.82, 2.24) is 14.7 Å². The van der Waals surface area contributed by atoms with Gasteiger partial charge in [-0.15, -0.1) is 0 Å². The van der Waals surface area contributed by atoms with Crippen LogP contribution in [0.3, 0.4) is 0 Å². The molecule has 0 aromatic heterocycles. The quantitative estimate of drug-likeness (QED) is 0.792. The maximum Gasteiger partial charge on any atom is 0.114 e. The van der Waals surface area contributed by atoms with Gasteiger partial charge >= 0.3 is 0 Å². The standard InChI is InChI=1S/C7H15FN2.C6H12FN.C2H6/c1-9(2)6-10-4-3-7(8)5-10;1-2-8-4-3-6(7)5-8;1-2/h7H,3-6H2,1-2H3;6H,2-5H2,1H3;1-2H3. The lowest BCUT2D eigenvalue weighted by Crippen LogP contribution is -2.31. The summed E-state index contributed by atoms with van der Waals surface area (Å²) in [7, 11) is 4.01. The van der Waals surface area contributed by atoms with Gasteiger partial charge in [0.1, 0.15) is 12.3 Å². The van der Waals surface area contributed by atoms with Gasteiger partial charge in [-0.2, -0.15) is 0 Å². The molecule has 2 atom stereocenters. The van der Waals surface area contributed by atoms with Crippen LogP contribution in [0.1, 0.15) is 33.6 Å². The van der Waals surface area contributed by atoms with Crippen LogP contribution in [0, 0.1) is 0 Å². The maximum absolute atomic E-state index is 12.6. The molecule has 2 heterocycles. The van der Waals surface area contributed by atoms with Crippen LogP contribution in [-0.2, 0) is 0 Å². The van der Waals surface area contributed by atoms with Crippen molar-refractivity contribution < 1.29 is 8.78 Å². The van der Waals surface area contributed by atoms with Gasteiger partial charge in [0.15, 0.2) is 0 Å². The van der Waals surface area contributed by atoms with Gasteiger partial charge in [-0.3, -0.25) is 9.80 Å². The summed E-state index contributed by atoms with van der Waals surface area (Å²) in [6.45, 7) is 11.1. The van der Waals surface area contributed by atoms with Crippen molar-refractivity contribution in [3.8, 4) is 0 Å². The Bertz CT molecular complexity index is 227. The summed E-state index contributed by atoms with van der Waals surface area (Å²) in [6, 6.07) is 0. The van der Waals surface area contributed by atoms with Gasteiger partial charge in [0.2, 0.25) is 0 Å². The number of halogens is 2. The molecule has 0 aromatic carbocycles. The molecule has 0 spiro atoms. The largest absolute Gasteiger partial charge is 0.301 e. The van der Waals surface area contributed by atoms with E-state index in [0.29, 0.717) is 19.5 Å². The molecule has 0 amide bonds. The highest BCUT2D eigenvalue weighted by molar-refractivity contribution is 4.73. The highest BCUT2D eigenvalue weighted by atomic mass is 19.1. The predicted octanol–water partition coefficient (Wildman–Crippen LogP) is 2.63. The summed E-state index contributed by atoms with van der Waals surface area (Å²) >= 11 is 0. The molecule has 0 saturated carbocycles. The summed E-state index contributed by atoms with van der Waals surface area (Å²) < 4.78 is 24.9. The molecule has 5 heteroatoms. The van der Waals surface area contributed by atoms with E-state index in [4.69, 9.17) is 0 Å². The molecule has 0 bridgehead atoms. The first kappa shape index (κ1) is 19.7. The van der Waals surface area contributed by atoms with Crippen LogP contribution in [0.25, 0.3) is 0 Å². The van der Waals surface area contributed by atoms with E-state index in [9.17, 15) is 8.78 Å². The molecule has 2 rings (SSSR count). The van der Waals surface area contributed by atoms with Crippen molar-refractivity contribution >= 4 is 0 Å². The van der Waals surface area contributed by atoms with Gasteiger partial charge in [-0.25, -0.2) is 8.78 Å². The second kappa shape index (κ2) is 11.4. The Morgan fingerprint density at radius 1 is 0.950 bits per heavy atom. The number of nitrogens with zero attached hydrogens (tertiary/aromatic N) is 3. The molecule has 122 valence electrons. The first-order valence-corrected chi connectivity index (χ1v) is 7.88. The van der Waals surface area contributed by atoms with E-state index in [-0.39, 0.29) is 0 Å². The SMILES string of the molecule is CC.CCN1CCC(F)C1.CN(C)CN1CCC(F)C1. The van der Waals surface area contributed by atoms with Crippen LogP contribution in [0.15, 0.2) is 0 Å². The number of hydrogen-bond acceptors (Lipinski definition) is 3. The van der Waals surface area contributed by atoms with E-state index in [1.54, 1.807) is 0 Å². The molecule has 20 heavy (non-hydrogen) atoms. The van der Waals surface area contributed by atoms with E-state index in [0.717, 1.165) is 32.7 Å². The first-order chi connectivity index (χ1) is 9.51. The van der Waals surface area contributed by atoms with Crippen LogP contribution < -0.4 is 0 Å². The van der Waals surface area contributed by atoms with Gasteiger partial charge < -0.3 is 4.90 Å². The fourth-order valence-electron chi connectivity index (χ4n) is 2.39. The Kier molecular flexibility index (Phi) is 11.3. The number of likely N-dealkylation sites (tertiary alicyclic amines) is 2. The normalized spacial score (nSPS) is 27.0. The number of alkyl halides is 2.